The summed E-state index contributed by atoms with van der Waals surface area (Å²) in [5, 5.41) is 23.2. The van der Waals surface area contributed by atoms with Crippen molar-refractivity contribution in [1.29, 1.82) is 0 Å². The number of nitrogens with one attached hydrogen (secondary N) is 1. The van der Waals surface area contributed by atoms with E-state index in [2.05, 4.69) is 198 Å². The molecule has 0 radical (unpaired) electrons. The molecule has 6 heterocycles. The predicted molar refractivity (Wildman–Crippen MR) is 298 cm³/mol. The van der Waals surface area contributed by atoms with Crippen LogP contribution in [0.25, 0.3) is 106 Å². The van der Waals surface area contributed by atoms with Gasteiger partial charge in [0.05, 0.1) is 22.4 Å². The fourth-order valence-corrected chi connectivity index (χ4v) is 9.59. The number of benzene rings is 8. The molecule has 10 nitrogen and oxygen atoms in total. The summed E-state index contributed by atoms with van der Waals surface area (Å²) >= 11 is 3.47. The minimum absolute atomic E-state index is 0.786. The first-order valence-corrected chi connectivity index (χ1v) is 24.6. The number of hydrogen-bond acceptors (Lipinski definition) is 6. The van der Waals surface area contributed by atoms with Gasteiger partial charge in [0.25, 0.3) is 0 Å². The molecule has 0 bridgehead atoms. The summed E-state index contributed by atoms with van der Waals surface area (Å²) in [6, 6.07) is 78.5. The van der Waals surface area contributed by atoms with E-state index < -0.39 is 0 Å². The van der Waals surface area contributed by atoms with E-state index in [0.29, 0.717) is 0 Å². The molecule has 14 aromatic rings. The molecule has 11 heteroatoms. The van der Waals surface area contributed by atoms with Crippen LogP contribution in [0.2, 0.25) is 0 Å². The zero-order valence-electron chi connectivity index (χ0n) is 39.2. The molecule has 0 amide bonds. The van der Waals surface area contributed by atoms with Gasteiger partial charge in [-0.25, -0.2) is 0 Å². The third kappa shape index (κ3) is 8.85. The molecular formula is C62H43BrN10. The quantitative estimate of drug-likeness (QED) is 0.170. The van der Waals surface area contributed by atoms with E-state index in [1.165, 1.54) is 43.6 Å². The fourth-order valence-electron chi connectivity index (χ4n) is 9.32. The Morgan fingerprint density at radius 1 is 0.288 bits per heavy atom. The molecule has 0 aliphatic rings. The average Bonchev–Trinajstić information content (AvgIpc) is 4.28. The second-order valence-electron chi connectivity index (χ2n) is 17.1. The normalized spacial score (nSPS) is 11.1. The van der Waals surface area contributed by atoms with Crippen molar-refractivity contribution >= 4 is 59.5 Å². The second-order valence-corrected chi connectivity index (χ2v) is 18.1. The van der Waals surface area contributed by atoms with E-state index in [1.807, 2.05) is 97.1 Å². The second kappa shape index (κ2) is 20.0. The van der Waals surface area contributed by atoms with Crippen LogP contribution in [0.15, 0.2) is 260 Å². The zero-order chi connectivity index (χ0) is 48.9. The van der Waals surface area contributed by atoms with Gasteiger partial charge < -0.3 is 9.55 Å². The van der Waals surface area contributed by atoms with Gasteiger partial charge >= 0.3 is 0 Å². The van der Waals surface area contributed by atoms with Crippen LogP contribution in [0.5, 0.6) is 0 Å². The van der Waals surface area contributed by atoms with Gasteiger partial charge in [0.2, 0.25) is 0 Å². The van der Waals surface area contributed by atoms with E-state index in [-0.39, 0.29) is 0 Å². The molecule has 0 saturated heterocycles. The summed E-state index contributed by atoms with van der Waals surface area (Å²) in [6.07, 6.45) is 7.13. The third-order valence-electron chi connectivity index (χ3n) is 12.7. The highest BCUT2D eigenvalue weighted by Gasteiger charge is 2.19. The first kappa shape index (κ1) is 44.6. The maximum absolute atomic E-state index is 4.62. The number of rotatable bonds is 7. The molecule has 0 aliphatic heterocycles. The number of nitrogens with zero attached hydrogens (tertiary/aromatic N) is 9. The molecule has 8 aromatic carbocycles. The molecule has 0 atom stereocenters. The average molecular weight is 1010 g/mol. The first-order valence-electron chi connectivity index (χ1n) is 23.8. The van der Waals surface area contributed by atoms with Gasteiger partial charge in [-0.1, -0.05) is 162 Å². The molecule has 348 valence electrons. The molecule has 14 rings (SSSR count). The molecule has 73 heavy (non-hydrogen) atoms. The number of aromatic amines is 1. The summed E-state index contributed by atoms with van der Waals surface area (Å²) in [6.45, 7) is 0. The van der Waals surface area contributed by atoms with Gasteiger partial charge in [-0.2, -0.15) is 0 Å². The smallest absolute Gasteiger partial charge is 0.168 e. The van der Waals surface area contributed by atoms with Crippen LogP contribution in [0.3, 0.4) is 0 Å². The summed E-state index contributed by atoms with van der Waals surface area (Å²) in [5.74, 6) is 3.18. The fraction of sp³-hybridized carbons (Fsp3) is 0. The molecule has 0 saturated carbocycles. The minimum Gasteiger partial charge on any atom is -0.355 e. The highest BCUT2D eigenvalue weighted by Crippen LogP contribution is 2.34. The SMILES string of the molecule is Brc1ccc(-c2nnc(-c3ccccc3)n2-c2ccncc2)cc1.c1ccc(-c2nnc(-c3ccc(-n4c5ccccc5c5ccccc54)cc3)n2-c2ccncc2)cc1.c1ccc2c(c1)[nH]c1ccccc12. The summed E-state index contributed by atoms with van der Waals surface area (Å²) < 4.78 is 7.49. The van der Waals surface area contributed by atoms with Gasteiger partial charge in [-0.3, -0.25) is 19.1 Å². The molecular weight excluding hydrogens is 965 g/mol. The van der Waals surface area contributed by atoms with Gasteiger partial charge in [-0.05, 0) is 84.9 Å². The number of para-hydroxylation sites is 4. The Bertz CT molecular complexity index is 4030. The molecule has 0 fully saturated rings. The lowest BCUT2D eigenvalue weighted by Crippen LogP contribution is -2.01. The Labute approximate surface area is 428 Å². The monoisotopic (exact) mass is 1010 g/mol. The number of hydrogen-bond donors (Lipinski definition) is 1. The van der Waals surface area contributed by atoms with Gasteiger partial charge in [-0.15, -0.1) is 20.4 Å². The van der Waals surface area contributed by atoms with Crippen molar-refractivity contribution in [2.75, 3.05) is 0 Å². The lowest BCUT2D eigenvalue weighted by Gasteiger charge is -2.12. The minimum atomic E-state index is 0.786. The van der Waals surface area contributed by atoms with Crippen molar-refractivity contribution < 1.29 is 0 Å². The van der Waals surface area contributed by atoms with Gasteiger partial charge in [0.15, 0.2) is 23.3 Å². The lowest BCUT2D eigenvalue weighted by molar-refractivity contribution is 1.06. The highest BCUT2D eigenvalue weighted by atomic mass is 79.9. The Kier molecular flexibility index (Phi) is 12.2. The molecule has 0 spiro atoms. The van der Waals surface area contributed by atoms with Crippen LogP contribution in [0, 0.1) is 0 Å². The van der Waals surface area contributed by atoms with E-state index in [0.717, 1.165) is 67.1 Å². The summed E-state index contributed by atoms with van der Waals surface area (Å²) in [4.78, 5) is 11.7. The van der Waals surface area contributed by atoms with Crippen LogP contribution in [0.4, 0.5) is 0 Å². The Morgan fingerprint density at radius 2 is 0.616 bits per heavy atom. The van der Waals surface area contributed by atoms with Crippen molar-refractivity contribution in [2.24, 2.45) is 0 Å². The summed E-state index contributed by atoms with van der Waals surface area (Å²) in [7, 11) is 0. The van der Waals surface area contributed by atoms with Gasteiger partial charge in [0, 0.05) is 89.8 Å². The number of fused-ring (bicyclic) bond motifs is 6. The maximum Gasteiger partial charge on any atom is 0.168 e. The van der Waals surface area contributed by atoms with E-state index in [1.54, 1.807) is 24.8 Å². The lowest BCUT2D eigenvalue weighted by atomic mass is 10.1. The number of aromatic nitrogens is 10. The first-order chi connectivity index (χ1) is 36.2. The van der Waals surface area contributed by atoms with Crippen molar-refractivity contribution in [3.63, 3.8) is 0 Å². The molecule has 0 unspecified atom stereocenters. The van der Waals surface area contributed by atoms with Crippen LogP contribution < -0.4 is 0 Å². The van der Waals surface area contributed by atoms with Crippen LogP contribution in [-0.2, 0) is 0 Å². The Balaban J connectivity index is 0.000000125. The van der Waals surface area contributed by atoms with Crippen molar-refractivity contribution in [3.8, 4) is 62.6 Å². The van der Waals surface area contributed by atoms with Crippen molar-refractivity contribution in [1.82, 2.24) is 49.0 Å². The number of pyridine rings is 2. The predicted octanol–water partition coefficient (Wildman–Crippen LogP) is 15.2. The maximum atomic E-state index is 4.62. The third-order valence-corrected chi connectivity index (χ3v) is 13.2. The molecule has 0 aliphatic carbocycles. The van der Waals surface area contributed by atoms with E-state index in [9.17, 15) is 0 Å². The largest absolute Gasteiger partial charge is 0.355 e. The number of halogens is 1. The molecule has 1 N–H and O–H groups in total. The Hall–Kier alpha value is -9.58. The number of H-pyrrole nitrogens is 1. The summed E-state index contributed by atoms with van der Waals surface area (Å²) in [5.41, 5.74) is 11.9. The topological polar surface area (TPSA) is 108 Å². The van der Waals surface area contributed by atoms with Crippen LogP contribution >= 0.6 is 15.9 Å². The Morgan fingerprint density at radius 3 is 1.04 bits per heavy atom. The zero-order valence-corrected chi connectivity index (χ0v) is 40.7. The van der Waals surface area contributed by atoms with Gasteiger partial charge in [0.1, 0.15) is 0 Å². The van der Waals surface area contributed by atoms with Crippen molar-refractivity contribution in [3.05, 3.63) is 260 Å². The van der Waals surface area contributed by atoms with E-state index >= 15 is 0 Å². The standard InChI is InChI=1S/C31H21N5.C19H13BrN4.C12H9N/c1-2-8-22(9-3-1)30-33-34-31(36(30)25-18-20-32-21-19-25)23-14-16-24(17-15-23)35-28-12-6-4-10-26(28)27-11-5-7-13-29(27)35;20-16-8-6-15(7-9-16)19-23-22-18(14-4-2-1-3-5-14)24(19)17-10-12-21-13-11-17;1-3-7-11-9(5-1)10-6-2-4-8-12(10)13-11/h1-21H;1-13H;1-8,13H. The van der Waals surface area contributed by atoms with Crippen LogP contribution in [0.1, 0.15) is 0 Å². The van der Waals surface area contributed by atoms with E-state index in [4.69, 9.17) is 0 Å². The highest BCUT2D eigenvalue weighted by molar-refractivity contribution is 9.10. The van der Waals surface area contributed by atoms with Crippen molar-refractivity contribution in [2.45, 2.75) is 0 Å². The van der Waals surface area contributed by atoms with Crippen LogP contribution in [-0.4, -0.2) is 49.0 Å². The molecule has 6 aromatic heterocycles.